The number of hydrogen-bond donors (Lipinski definition) is 3. The first-order valence-corrected chi connectivity index (χ1v) is 15.9. The first-order valence-electron chi connectivity index (χ1n) is 13.2. The van der Waals surface area contributed by atoms with Gasteiger partial charge in [-0.1, -0.05) is 23.9 Å². The van der Waals surface area contributed by atoms with Crippen molar-refractivity contribution in [2.45, 2.75) is 42.1 Å². The zero-order valence-electron chi connectivity index (χ0n) is 23.2. The molecule has 1 aliphatic rings. The van der Waals surface area contributed by atoms with E-state index in [1.807, 2.05) is 40.0 Å². The number of aromatic nitrogens is 2. The van der Waals surface area contributed by atoms with Crippen molar-refractivity contribution in [2.75, 3.05) is 44.4 Å². The van der Waals surface area contributed by atoms with Gasteiger partial charge in [0.15, 0.2) is 5.16 Å². The quantitative estimate of drug-likeness (QED) is 0.178. The average Bonchev–Trinajstić information content (AvgIpc) is 3.30. The van der Waals surface area contributed by atoms with E-state index in [-0.39, 0.29) is 29.4 Å². The molecule has 0 saturated carbocycles. The molecule has 1 aromatic heterocycles. The molecule has 1 aliphatic heterocycles. The van der Waals surface area contributed by atoms with E-state index in [9.17, 15) is 22.8 Å². The lowest BCUT2D eigenvalue weighted by Crippen LogP contribution is -2.41. The van der Waals surface area contributed by atoms with E-state index < -0.39 is 34.6 Å². The Kier molecular flexibility index (Phi) is 10.6. The molecule has 42 heavy (non-hydrogen) atoms. The molecule has 2 heterocycles. The highest BCUT2D eigenvalue weighted by Gasteiger charge is 2.27. The van der Waals surface area contributed by atoms with Crippen LogP contribution in [0.25, 0.3) is 11.0 Å². The molecule has 13 nitrogen and oxygen atoms in total. The van der Waals surface area contributed by atoms with Crippen LogP contribution in [0.3, 0.4) is 0 Å². The van der Waals surface area contributed by atoms with E-state index >= 15 is 0 Å². The Morgan fingerprint density at radius 1 is 1.21 bits per heavy atom. The van der Waals surface area contributed by atoms with Crippen LogP contribution in [0.4, 0.5) is 5.69 Å². The predicted molar refractivity (Wildman–Crippen MR) is 156 cm³/mol. The van der Waals surface area contributed by atoms with Crippen LogP contribution in [0, 0.1) is 0 Å². The third kappa shape index (κ3) is 8.07. The highest BCUT2D eigenvalue weighted by Crippen LogP contribution is 2.30. The lowest BCUT2D eigenvalue weighted by Gasteiger charge is -2.26. The van der Waals surface area contributed by atoms with Gasteiger partial charge in [-0.3, -0.25) is 14.5 Å². The predicted octanol–water partition coefficient (Wildman–Crippen LogP) is 1.82. The Hall–Kier alpha value is -3.50. The summed E-state index contributed by atoms with van der Waals surface area (Å²) in [5.74, 6) is -1.70. The second-order valence-corrected chi connectivity index (χ2v) is 12.1. The second-order valence-electron chi connectivity index (χ2n) is 9.69. The molecule has 2 atom stereocenters. The number of fused-ring (bicyclic) bond motifs is 1. The van der Waals surface area contributed by atoms with Gasteiger partial charge in [-0.15, -0.1) is 0 Å². The number of carboxylic acids is 1. The largest absolute Gasteiger partial charge is 0.487 e. The Balaban J connectivity index is 1.61. The first kappa shape index (κ1) is 31.4. The summed E-state index contributed by atoms with van der Waals surface area (Å²) in [4.78, 5) is 41.5. The number of carbonyl (C=O) groups excluding carboxylic acids is 2. The van der Waals surface area contributed by atoms with E-state index in [4.69, 9.17) is 14.6 Å². The maximum Gasteiger partial charge on any atom is 0.305 e. The maximum atomic E-state index is 13.3. The Bertz CT molecular complexity index is 1540. The van der Waals surface area contributed by atoms with Crippen molar-refractivity contribution in [2.24, 2.45) is 0 Å². The molecule has 2 aromatic carbocycles. The van der Waals surface area contributed by atoms with Gasteiger partial charge in [-0.2, -0.15) is 0 Å². The van der Waals surface area contributed by atoms with Gasteiger partial charge in [0.1, 0.15) is 23.0 Å². The maximum absolute atomic E-state index is 13.3. The number of thioether (sulfide) groups is 1. The fourth-order valence-corrected chi connectivity index (χ4v) is 6.39. The standard InChI is InChI=1S/C27H33N5O8S2/c1-18(15-32-22-6-4-3-5-21(22)29-27(32)41-2)40-23-13-19(28-25(34)16-31-9-11-39-12-10-31)7-8-24(23)42(37,38)30-20(17-33)14-26(35)36/h3-8,13,17-18,20,30H,9-12,14-16H2,1-2H3,(H,28,34)(H,35,36). The number of sulfonamides is 1. The van der Waals surface area contributed by atoms with Crippen LogP contribution in [-0.2, 0) is 35.7 Å². The third-order valence-electron chi connectivity index (χ3n) is 6.42. The smallest absolute Gasteiger partial charge is 0.305 e. The molecule has 226 valence electrons. The van der Waals surface area contributed by atoms with Crippen LogP contribution >= 0.6 is 11.8 Å². The number of para-hydroxylation sites is 2. The molecule has 1 saturated heterocycles. The number of rotatable bonds is 14. The number of carbonyl (C=O) groups is 3. The van der Waals surface area contributed by atoms with E-state index in [0.29, 0.717) is 38.5 Å². The van der Waals surface area contributed by atoms with Crippen LogP contribution in [0.15, 0.2) is 52.5 Å². The van der Waals surface area contributed by atoms with Crippen LogP contribution in [0.2, 0.25) is 0 Å². The third-order valence-corrected chi connectivity index (χ3v) is 8.63. The molecule has 3 N–H and O–H groups in total. The summed E-state index contributed by atoms with van der Waals surface area (Å²) in [6.07, 6.45) is 0.838. The monoisotopic (exact) mass is 619 g/mol. The molecule has 1 fully saturated rings. The van der Waals surface area contributed by atoms with Gasteiger partial charge >= 0.3 is 5.97 Å². The van der Waals surface area contributed by atoms with E-state index in [0.717, 1.165) is 16.2 Å². The molecule has 2 unspecified atom stereocenters. The lowest BCUT2D eigenvalue weighted by molar-refractivity contribution is -0.138. The van der Waals surface area contributed by atoms with Crippen molar-refractivity contribution in [3.05, 3.63) is 42.5 Å². The van der Waals surface area contributed by atoms with Crippen molar-refractivity contribution < 1.29 is 37.4 Å². The van der Waals surface area contributed by atoms with Crippen molar-refractivity contribution in [3.8, 4) is 5.75 Å². The lowest BCUT2D eigenvalue weighted by atomic mass is 10.2. The number of amides is 1. The summed E-state index contributed by atoms with van der Waals surface area (Å²) < 4.78 is 42.2. The molecule has 3 aromatic rings. The fourth-order valence-electron chi connectivity index (χ4n) is 4.53. The highest BCUT2D eigenvalue weighted by atomic mass is 32.2. The van der Waals surface area contributed by atoms with Gasteiger partial charge in [0.2, 0.25) is 15.9 Å². The number of benzene rings is 2. The van der Waals surface area contributed by atoms with Crippen LogP contribution in [0.5, 0.6) is 5.75 Å². The summed E-state index contributed by atoms with van der Waals surface area (Å²) >= 11 is 1.46. The average molecular weight is 620 g/mol. The van der Waals surface area contributed by atoms with Gasteiger partial charge < -0.3 is 29.3 Å². The van der Waals surface area contributed by atoms with Crippen molar-refractivity contribution in [1.82, 2.24) is 19.2 Å². The van der Waals surface area contributed by atoms with E-state index in [1.54, 1.807) is 6.92 Å². The highest BCUT2D eigenvalue weighted by molar-refractivity contribution is 7.98. The second kappa shape index (κ2) is 14.1. The van der Waals surface area contributed by atoms with Gasteiger partial charge in [0.25, 0.3) is 0 Å². The van der Waals surface area contributed by atoms with Crippen LogP contribution < -0.4 is 14.8 Å². The van der Waals surface area contributed by atoms with E-state index in [2.05, 4.69) is 15.0 Å². The molecule has 0 spiro atoms. The van der Waals surface area contributed by atoms with Crippen LogP contribution in [0.1, 0.15) is 13.3 Å². The first-order chi connectivity index (χ1) is 20.1. The number of morpholine rings is 1. The number of aldehydes is 1. The SMILES string of the molecule is CSc1nc2ccccc2n1CC(C)Oc1cc(NC(=O)CN2CCOCC2)ccc1S(=O)(=O)NC(C=O)CC(=O)O. The minimum Gasteiger partial charge on any atom is -0.487 e. The Labute approximate surface area is 247 Å². The summed E-state index contributed by atoms with van der Waals surface area (Å²) in [5, 5.41) is 12.6. The number of nitrogens with one attached hydrogen (secondary N) is 2. The number of hydrogen-bond acceptors (Lipinski definition) is 10. The minimum absolute atomic E-state index is 0.0748. The summed E-state index contributed by atoms with van der Waals surface area (Å²) in [6.45, 7) is 4.56. The normalized spacial score (nSPS) is 15.7. The Morgan fingerprint density at radius 3 is 2.64 bits per heavy atom. The molecule has 0 bridgehead atoms. The molecule has 4 rings (SSSR count). The Morgan fingerprint density at radius 2 is 1.95 bits per heavy atom. The van der Waals surface area contributed by atoms with Gasteiger partial charge in [-0.25, -0.2) is 18.1 Å². The number of nitrogens with zero attached hydrogens (tertiary/aromatic N) is 3. The van der Waals surface area contributed by atoms with Gasteiger partial charge in [-0.05, 0) is 37.4 Å². The van der Waals surface area contributed by atoms with Crippen molar-refractivity contribution in [3.63, 3.8) is 0 Å². The molecule has 1 amide bonds. The molecular weight excluding hydrogens is 586 g/mol. The molecule has 15 heteroatoms. The zero-order valence-corrected chi connectivity index (χ0v) is 24.8. The molecular formula is C27H33N5O8S2. The van der Waals surface area contributed by atoms with Gasteiger partial charge in [0, 0.05) is 24.8 Å². The van der Waals surface area contributed by atoms with E-state index in [1.165, 1.54) is 30.0 Å². The molecule has 0 aliphatic carbocycles. The number of imidazole rings is 1. The zero-order chi connectivity index (χ0) is 30.3. The number of ether oxygens (including phenoxy) is 2. The number of aliphatic carboxylic acids is 1. The minimum atomic E-state index is -4.40. The fraction of sp³-hybridized carbons (Fsp3) is 0.407. The number of carboxylic acid groups (broad SMARTS) is 1. The summed E-state index contributed by atoms with van der Waals surface area (Å²) in [5.41, 5.74) is 2.01. The van der Waals surface area contributed by atoms with Crippen molar-refractivity contribution in [1.29, 1.82) is 0 Å². The number of anilines is 1. The molecule has 0 radical (unpaired) electrons. The van der Waals surface area contributed by atoms with Gasteiger partial charge in [0.05, 0.1) is 49.8 Å². The van der Waals surface area contributed by atoms with Crippen LogP contribution in [-0.4, -0.2) is 97.4 Å². The summed E-state index contributed by atoms with van der Waals surface area (Å²) in [6, 6.07) is 10.2. The summed E-state index contributed by atoms with van der Waals surface area (Å²) in [7, 11) is -4.40. The van der Waals surface area contributed by atoms with Crippen molar-refractivity contribution >= 4 is 56.7 Å². The topological polar surface area (TPSA) is 169 Å².